The minimum atomic E-state index is 0.509. The van der Waals surface area contributed by atoms with E-state index in [1.807, 2.05) is 24.3 Å². The zero-order chi connectivity index (χ0) is 12.7. The first-order valence-electron chi connectivity index (χ1n) is 5.34. The lowest BCUT2D eigenvalue weighted by atomic mass is 10.1. The Morgan fingerprint density at radius 3 is 2.61 bits per heavy atom. The third kappa shape index (κ3) is 1.82. The lowest BCUT2D eigenvalue weighted by Gasteiger charge is -2.01. The van der Waals surface area contributed by atoms with E-state index in [1.165, 1.54) is 0 Å². The number of fused-ring (bicyclic) bond motifs is 1. The molecule has 0 bridgehead atoms. The van der Waals surface area contributed by atoms with E-state index in [4.69, 9.17) is 28.9 Å². The molecule has 0 atom stereocenters. The Kier molecular flexibility index (Phi) is 2.65. The lowest BCUT2D eigenvalue weighted by molar-refractivity contribution is 1.12. The Morgan fingerprint density at radius 2 is 1.83 bits per heavy atom. The van der Waals surface area contributed by atoms with Gasteiger partial charge in [0.1, 0.15) is 5.69 Å². The summed E-state index contributed by atoms with van der Waals surface area (Å²) in [6.07, 6.45) is 0. The number of nitrogen functional groups attached to an aromatic ring is 1. The summed E-state index contributed by atoms with van der Waals surface area (Å²) in [5.74, 6) is 0. The van der Waals surface area contributed by atoms with Crippen molar-refractivity contribution in [3.8, 4) is 11.3 Å². The SMILES string of the molecule is Nc1ccc2[nH]nc(-c3ccc(Cl)c(Cl)c3)c2c1. The van der Waals surface area contributed by atoms with Gasteiger partial charge in [-0.1, -0.05) is 29.3 Å². The molecule has 3 aromatic rings. The quantitative estimate of drug-likeness (QED) is 0.658. The number of aromatic amines is 1. The maximum atomic E-state index is 6.02. The largest absolute Gasteiger partial charge is 0.399 e. The molecule has 3 nitrogen and oxygen atoms in total. The van der Waals surface area contributed by atoms with E-state index in [2.05, 4.69) is 10.2 Å². The summed E-state index contributed by atoms with van der Waals surface area (Å²) in [4.78, 5) is 0. The molecule has 3 N–H and O–H groups in total. The highest BCUT2D eigenvalue weighted by Gasteiger charge is 2.09. The van der Waals surface area contributed by atoms with Crippen molar-refractivity contribution >= 4 is 39.8 Å². The van der Waals surface area contributed by atoms with Crippen LogP contribution in [0.1, 0.15) is 0 Å². The molecular formula is C13H9Cl2N3. The summed E-state index contributed by atoms with van der Waals surface area (Å²) in [6, 6.07) is 11.1. The molecule has 0 aliphatic rings. The number of halogens is 2. The fourth-order valence-corrected chi connectivity index (χ4v) is 2.19. The summed E-state index contributed by atoms with van der Waals surface area (Å²) in [5, 5.41) is 9.26. The number of nitrogens with zero attached hydrogens (tertiary/aromatic N) is 1. The van der Waals surface area contributed by atoms with Crippen LogP contribution in [0.25, 0.3) is 22.2 Å². The van der Waals surface area contributed by atoms with Gasteiger partial charge in [-0.05, 0) is 30.3 Å². The second-order valence-electron chi connectivity index (χ2n) is 4.01. The van der Waals surface area contributed by atoms with E-state index >= 15 is 0 Å². The molecule has 0 saturated heterocycles. The average Bonchev–Trinajstić information content (AvgIpc) is 2.75. The normalized spacial score (nSPS) is 11.0. The van der Waals surface area contributed by atoms with E-state index in [-0.39, 0.29) is 0 Å². The zero-order valence-electron chi connectivity index (χ0n) is 9.24. The number of aromatic nitrogens is 2. The van der Waals surface area contributed by atoms with Crippen molar-refractivity contribution in [2.24, 2.45) is 0 Å². The number of hydrogen-bond donors (Lipinski definition) is 2. The molecule has 0 fully saturated rings. The van der Waals surface area contributed by atoms with Crippen LogP contribution in [-0.4, -0.2) is 10.2 Å². The van der Waals surface area contributed by atoms with Crippen LogP contribution in [0.5, 0.6) is 0 Å². The van der Waals surface area contributed by atoms with Crippen LogP contribution in [0.15, 0.2) is 36.4 Å². The molecule has 2 aromatic carbocycles. The molecular weight excluding hydrogens is 269 g/mol. The van der Waals surface area contributed by atoms with E-state index in [0.29, 0.717) is 15.7 Å². The maximum Gasteiger partial charge on any atom is 0.100 e. The molecule has 0 aliphatic heterocycles. The molecule has 0 spiro atoms. The van der Waals surface area contributed by atoms with Crippen LogP contribution in [0.3, 0.4) is 0 Å². The Hall–Kier alpha value is -1.71. The van der Waals surface area contributed by atoms with Crippen LogP contribution < -0.4 is 5.73 Å². The number of benzene rings is 2. The van der Waals surface area contributed by atoms with Crippen molar-refractivity contribution in [1.29, 1.82) is 0 Å². The molecule has 0 saturated carbocycles. The fourth-order valence-electron chi connectivity index (χ4n) is 1.90. The zero-order valence-corrected chi connectivity index (χ0v) is 10.8. The highest BCUT2D eigenvalue weighted by molar-refractivity contribution is 6.42. The topological polar surface area (TPSA) is 54.7 Å². The number of nitrogens with two attached hydrogens (primary N) is 1. The molecule has 18 heavy (non-hydrogen) atoms. The van der Waals surface area contributed by atoms with Gasteiger partial charge in [-0.3, -0.25) is 5.10 Å². The molecule has 0 unspecified atom stereocenters. The minimum Gasteiger partial charge on any atom is -0.399 e. The van der Waals surface area contributed by atoms with Gasteiger partial charge in [0.15, 0.2) is 0 Å². The second kappa shape index (κ2) is 4.19. The van der Waals surface area contributed by atoms with Crippen LogP contribution in [0, 0.1) is 0 Å². The van der Waals surface area contributed by atoms with Crippen LogP contribution in [0.4, 0.5) is 5.69 Å². The van der Waals surface area contributed by atoms with Crippen molar-refractivity contribution in [2.75, 3.05) is 5.73 Å². The van der Waals surface area contributed by atoms with Gasteiger partial charge in [-0.15, -0.1) is 0 Å². The van der Waals surface area contributed by atoms with Gasteiger partial charge in [-0.25, -0.2) is 0 Å². The molecule has 0 radical (unpaired) electrons. The molecule has 1 heterocycles. The lowest BCUT2D eigenvalue weighted by Crippen LogP contribution is -1.83. The van der Waals surface area contributed by atoms with E-state index in [9.17, 15) is 0 Å². The van der Waals surface area contributed by atoms with Gasteiger partial charge < -0.3 is 5.73 Å². The highest BCUT2D eigenvalue weighted by Crippen LogP contribution is 2.31. The van der Waals surface area contributed by atoms with Crippen molar-refractivity contribution in [2.45, 2.75) is 0 Å². The van der Waals surface area contributed by atoms with Crippen molar-refractivity contribution in [3.63, 3.8) is 0 Å². The maximum absolute atomic E-state index is 6.02. The number of nitrogens with one attached hydrogen (secondary N) is 1. The molecule has 1 aromatic heterocycles. The molecule has 3 rings (SSSR count). The van der Waals surface area contributed by atoms with E-state index in [0.717, 1.165) is 22.2 Å². The minimum absolute atomic E-state index is 0.509. The number of hydrogen-bond acceptors (Lipinski definition) is 2. The first-order chi connectivity index (χ1) is 8.65. The van der Waals surface area contributed by atoms with Crippen molar-refractivity contribution in [3.05, 3.63) is 46.4 Å². The number of anilines is 1. The summed E-state index contributed by atoms with van der Waals surface area (Å²) < 4.78 is 0. The summed E-state index contributed by atoms with van der Waals surface area (Å²) >= 11 is 11.9. The Balaban J connectivity index is 2.24. The summed E-state index contributed by atoms with van der Waals surface area (Å²) in [7, 11) is 0. The summed E-state index contributed by atoms with van der Waals surface area (Å²) in [6.45, 7) is 0. The Morgan fingerprint density at radius 1 is 1.00 bits per heavy atom. The molecule has 0 aliphatic carbocycles. The van der Waals surface area contributed by atoms with Crippen LogP contribution in [-0.2, 0) is 0 Å². The van der Waals surface area contributed by atoms with Crippen LogP contribution >= 0.6 is 23.2 Å². The number of H-pyrrole nitrogens is 1. The van der Waals surface area contributed by atoms with Gasteiger partial charge in [0.25, 0.3) is 0 Å². The Bertz CT molecular complexity index is 734. The smallest absolute Gasteiger partial charge is 0.100 e. The predicted octanol–water partition coefficient (Wildman–Crippen LogP) is 4.12. The summed E-state index contributed by atoms with van der Waals surface area (Å²) in [5.41, 5.74) is 9.15. The van der Waals surface area contributed by atoms with E-state index < -0.39 is 0 Å². The van der Waals surface area contributed by atoms with Gasteiger partial charge in [0, 0.05) is 16.6 Å². The number of rotatable bonds is 1. The third-order valence-corrected chi connectivity index (χ3v) is 3.52. The van der Waals surface area contributed by atoms with Crippen molar-refractivity contribution in [1.82, 2.24) is 10.2 Å². The standard InChI is InChI=1S/C13H9Cl2N3/c14-10-3-1-7(5-11(10)15)13-9-6-8(16)2-4-12(9)17-18-13/h1-6H,16H2,(H,17,18). The first-order valence-corrected chi connectivity index (χ1v) is 6.10. The highest BCUT2D eigenvalue weighted by atomic mass is 35.5. The average molecular weight is 278 g/mol. The predicted molar refractivity (Wildman–Crippen MR) is 76.0 cm³/mol. The van der Waals surface area contributed by atoms with Gasteiger partial charge in [0.2, 0.25) is 0 Å². The first kappa shape index (κ1) is 11.4. The van der Waals surface area contributed by atoms with Gasteiger partial charge >= 0.3 is 0 Å². The van der Waals surface area contributed by atoms with E-state index in [1.54, 1.807) is 12.1 Å². The molecule has 90 valence electrons. The molecule has 0 amide bonds. The van der Waals surface area contributed by atoms with Gasteiger partial charge in [0.05, 0.1) is 15.6 Å². The Labute approximate surface area is 114 Å². The second-order valence-corrected chi connectivity index (χ2v) is 4.82. The van der Waals surface area contributed by atoms with Crippen molar-refractivity contribution < 1.29 is 0 Å². The third-order valence-electron chi connectivity index (χ3n) is 2.78. The monoisotopic (exact) mass is 277 g/mol. The van der Waals surface area contributed by atoms with Crippen LogP contribution in [0.2, 0.25) is 10.0 Å². The fraction of sp³-hybridized carbons (Fsp3) is 0. The van der Waals surface area contributed by atoms with Gasteiger partial charge in [-0.2, -0.15) is 5.10 Å². The molecule has 5 heteroatoms.